The van der Waals surface area contributed by atoms with Crippen molar-refractivity contribution in [1.82, 2.24) is 4.98 Å². The third-order valence-electron chi connectivity index (χ3n) is 3.99. The molecule has 0 unspecified atom stereocenters. The van der Waals surface area contributed by atoms with Crippen molar-refractivity contribution in [2.75, 3.05) is 17.2 Å². The zero-order valence-electron chi connectivity index (χ0n) is 10.8. The Morgan fingerprint density at radius 2 is 1.94 bits per heavy atom. The Kier molecular flexibility index (Phi) is 2.37. The summed E-state index contributed by atoms with van der Waals surface area (Å²) in [6.07, 6.45) is 1.86. The van der Waals surface area contributed by atoms with Crippen molar-refractivity contribution in [1.29, 1.82) is 0 Å². The second-order valence-corrected chi connectivity index (χ2v) is 5.84. The van der Waals surface area contributed by atoms with Crippen molar-refractivity contribution in [2.24, 2.45) is 5.41 Å². The maximum Gasteiger partial charge on any atom is 0.150 e. The fourth-order valence-electron chi connectivity index (χ4n) is 1.87. The predicted molar refractivity (Wildman–Crippen MR) is 68.9 cm³/mol. The Morgan fingerprint density at radius 3 is 2.62 bits per heavy atom. The second-order valence-electron chi connectivity index (χ2n) is 5.84. The number of nitrogens with one attached hydrogen (secondary N) is 2. The molecule has 1 aliphatic heterocycles. The molecule has 16 heavy (non-hydrogen) atoms. The first kappa shape index (κ1) is 11.2. The first-order valence-electron chi connectivity index (χ1n) is 5.81. The molecule has 0 atom stereocenters. The van der Waals surface area contributed by atoms with Crippen molar-refractivity contribution < 1.29 is 0 Å². The summed E-state index contributed by atoms with van der Waals surface area (Å²) in [6, 6.07) is 2.04. The Hall–Kier alpha value is -1.25. The van der Waals surface area contributed by atoms with E-state index < -0.39 is 0 Å². The summed E-state index contributed by atoms with van der Waals surface area (Å²) in [4.78, 5) is 4.43. The van der Waals surface area contributed by atoms with E-state index in [1.807, 2.05) is 12.3 Å². The summed E-state index contributed by atoms with van der Waals surface area (Å²) in [7, 11) is 0. The Balaban J connectivity index is 2.48. The first-order valence-corrected chi connectivity index (χ1v) is 5.81. The van der Waals surface area contributed by atoms with E-state index in [4.69, 9.17) is 0 Å². The quantitative estimate of drug-likeness (QED) is 0.704. The van der Waals surface area contributed by atoms with Gasteiger partial charge in [-0.1, -0.05) is 13.8 Å². The van der Waals surface area contributed by atoms with Crippen LogP contribution in [0, 0.1) is 12.3 Å². The zero-order valence-corrected chi connectivity index (χ0v) is 10.8. The van der Waals surface area contributed by atoms with Crippen LogP contribution < -0.4 is 10.6 Å². The monoisotopic (exact) mass is 219 g/mol. The fraction of sp³-hybridized carbons (Fsp3) is 0.615. The molecule has 1 aromatic rings. The van der Waals surface area contributed by atoms with E-state index in [-0.39, 0.29) is 11.0 Å². The Labute approximate surface area is 97.7 Å². The summed E-state index contributed by atoms with van der Waals surface area (Å²) in [5, 5.41) is 7.07. The van der Waals surface area contributed by atoms with Crippen LogP contribution in [0.15, 0.2) is 12.3 Å². The molecule has 88 valence electrons. The van der Waals surface area contributed by atoms with Crippen molar-refractivity contribution in [3.63, 3.8) is 0 Å². The Morgan fingerprint density at radius 1 is 1.25 bits per heavy atom. The van der Waals surface area contributed by atoms with E-state index in [0.717, 1.165) is 18.1 Å². The molecule has 0 saturated carbocycles. The normalized spacial score (nSPS) is 21.3. The molecule has 0 amide bonds. The van der Waals surface area contributed by atoms with Gasteiger partial charge >= 0.3 is 0 Å². The number of hydrogen-bond donors (Lipinski definition) is 2. The molecule has 3 nitrogen and oxygen atoms in total. The van der Waals surface area contributed by atoms with Gasteiger partial charge in [0, 0.05) is 23.7 Å². The second kappa shape index (κ2) is 3.37. The van der Waals surface area contributed by atoms with E-state index in [9.17, 15) is 0 Å². The fourth-order valence-corrected chi connectivity index (χ4v) is 1.87. The molecule has 2 rings (SSSR count). The SMILES string of the molecule is Cc1ccnc2c1NCC(C)(C)C(C)(C)N2. The number of pyridine rings is 1. The molecule has 0 aromatic carbocycles. The molecule has 2 heterocycles. The molecular weight excluding hydrogens is 198 g/mol. The van der Waals surface area contributed by atoms with Gasteiger partial charge in [0.2, 0.25) is 0 Å². The average molecular weight is 219 g/mol. The van der Waals surface area contributed by atoms with Gasteiger partial charge in [-0.2, -0.15) is 0 Å². The number of nitrogens with zero attached hydrogens (tertiary/aromatic N) is 1. The predicted octanol–water partition coefficient (Wildman–Crippen LogP) is 3.03. The lowest BCUT2D eigenvalue weighted by Crippen LogP contribution is -2.48. The average Bonchev–Trinajstić information content (AvgIpc) is 2.23. The minimum Gasteiger partial charge on any atom is -0.381 e. The molecular formula is C13H21N3. The van der Waals surface area contributed by atoms with Crippen molar-refractivity contribution in [3.8, 4) is 0 Å². The van der Waals surface area contributed by atoms with Crippen LogP contribution in [0.2, 0.25) is 0 Å². The Bertz CT molecular complexity index is 408. The van der Waals surface area contributed by atoms with Crippen LogP contribution in [0.25, 0.3) is 0 Å². The maximum atomic E-state index is 4.43. The van der Waals surface area contributed by atoms with Gasteiger partial charge in [0.25, 0.3) is 0 Å². The standard InChI is InChI=1S/C13H21N3/c1-9-6-7-14-11-10(9)15-8-12(2,3)13(4,5)16-11/h6-7,15H,8H2,1-5H3,(H,14,16). The number of anilines is 2. The molecule has 0 spiro atoms. The van der Waals surface area contributed by atoms with Gasteiger partial charge in [0.1, 0.15) is 5.82 Å². The first-order chi connectivity index (χ1) is 7.33. The molecule has 2 N–H and O–H groups in total. The largest absolute Gasteiger partial charge is 0.381 e. The zero-order chi connectivity index (χ0) is 12.0. The van der Waals surface area contributed by atoms with Gasteiger partial charge in [-0.15, -0.1) is 0 Å². The number of rotatable bonds is 0. The van der Waals surface area contributed by atoms with Gasteiger partial charge in [-0.3, -0.25) is 0 Å². The number of aromatic nitrogens is 1. The third-order valence-corrected chi connectivity index (χ3v) is 3.99. The number of fused-ring (bicyclic) bond motifs is 1. The maximum absolute atomic E-state index is 4.43. The lowest BCUT2D eigenvalue weighted by molar-refractivity contribution is 0.245. The highest BCUT2D eigenvalue weighted by Crippen LogP contribution is 2.39. The highest BCUT2D eigenvalue weighted by Gasteiger charge is 2.39. The summed E-state index contributed by atoms with van der Waals surface area (Å²) >= 11 is 0. The molecule has 0 fully saturated rings. The van der Waals surface area contributed by atoms with Crippen molar-refractivity contribution in [3.05, 3.63) is 17.8 Å². The molecule has 0 radical (unpaired) electrons. The van der Waals surface area contributed by atoms with Gasteiger partial charge in [-0.25, -0.2) is 4.98 Å². The van der Waals surface area contributed by atoms with Crippen LogP contribution in [0.5, 0.6) is 0 Å². The van der Waals surface area contributed by atoms with Gasteiger partial charge in [0.15, 0.2) is 0 Å². The van der Waals surface area contributed by atoms with E-state index in [0.29, 0.717) is 0 Å². The molecule has 1 aromatic heterocycles. The molecule has 1 aliphatic rings. The van der Waals surface area contributed by atoms with Crippen molar-refractivity contribution >= 4 is 11.5 Å². The van der Waals surface area contributed by atoms with E-state index >= 15 is 0 Å². The lowest BCUT2D eigenvalue weighted by atomic mass is 9.75. The van der Waals surface area contributed by atoms with Crippen LogP contribution in [0.4, 0.5) is 11.5 Å². The summed E-state index contributed by atoms with van der Waals surface area (Å²) in [5.41, 5.74) is 2.57. The summed E-state index contributed by atoms with van der Waals surface area (Å²) < 4.78 is 0. The summed E-state index contributed by atoms with van der Waals surface area (Å²) in [6.45, 7) is 12.1. The molecule has 0 saturated heterocycles. The smallest absolute Gasteiger partial charge is 0.150 e. The van der Waals surface area contributed by atoms with E-state index in [2.05, 4.69) is 50.2 Å². The van der Waals surface area contributed by atoms with Crippen LogP contribution in [0.1, 0.15) is 33.3 Å². The lowest BCUT2D eigenvalue weighted by Gasteiger charge is -2.40. The van der Waals surface area contributed by atoms with E-state index in [1.165, 1.54) is 5.56 Å². The molecule has 3 heteroatoms. The number of hydrogen-bond acceptors (Lipinski definition) is 3. The van der Waals surface area contributed by atoms with Gasteiger partial charge < -0.3 is 10.6 Å². The van der Waals surface area contributed by atoms with Crippen molar-refractivity contribution in [2.45, 2.75) is 40.2 Å². The summed E-state index contributed by atoms with van der Waals surface area (Å²) in [5.74, 6) is 0.968. The molecule has 0 aliphatic carbocycles. The van der Waals surface area contributed by atoms with Crippen LogP contribution in [-0.4, -0.2) is 17.1 Å². The van der Waals surface area contributed by atoms with Crippen LogP contribution >= 0.6 is 0 Å². The van der Waals surface area contributed by atoms with Crippen LogP contribution in [-0.2, 0) is 0 Å². The van der Waals surface area contributed by atoms with E-state index in [1.54, 1.807) is 0 Å². The van der Waals surface area contributed by atoms with Gasteiger partial charge in [0.05, 0.1) is 5.69 Å². The topological polar surface area (TPSA) is 37.0 Å². The van der Waals surface area contributed by atoms with Gasteiger partial charge in [-0.05, 0) is 32.4 Å². The highest BCUT2D eigenvalue weighted by molar-refractivity contribution is 5.70. The minimum atomic E-state index is 0.0199. The minimum absolute atomic E-state index is 0.0199. The van der Waals surface area contributed by atoms with Crippen LogP contribution in [0.3, 0.4) is 0 Å². The molecule has 0 bridgehead atoms. The highest BCUT2D eigenvalue weighted by atomic mass is 15.1. The number of aryl methyl sites for hydroxylation is 1. The third kappa shape index (κ3) is 1.64.